The SMILES string of the molecule is CCc1ccc2c(c1)nc(CC#N)n2CCN1CCOCC1. The van der Waals surface area contributed by atoms with Crippen LogP contribution in [-0.4, -0.2) is 47.3 Å². The highest BCUT2D eigenvalue weighted by Gasteiger charge is 2.14. The van der Waals surface area contributed by atoms with Gasteiger partial charge in [-0.05, 0) is 24.1 Å². The quantitative estimate of drug-likeness (QED) is 0.847. The van der Waals surface area contributed by atoms with E-state index in [9.17, 15) is 0 Å². The van der Waals surface area contributed by atoms with Crippen molar-refractivity contribution in [2.45, 2.75) is 26.3 Å². The van der Waals surface area contributed by atoms with Crippen LogP contribution in [0.4, 0.5) is 0 Å². The van der Waals surface area contributed by atoms with Crippen molar-refractivity contribution in [1.82, 2.24) is 14.5 Å². The number of fused-ring (bicyclic) bond motifs is 1. The molecule has 1 aliphatic heterocycles. The summed E-state index contributed by atoms with van der Waals surface area (Å²) in [5, 5.41) is 9.06. The van der Waals surface area contributed by atoms with E-state index in [2.05, 4.69) is 45.6 Å². The molecule has 1 aromatic heterocycles. The molecule has 0 aliphatic carbocycles. The van der Waals surface area contributed by atoms with Crippen LogP contribution in [0.1, 0.15) is 18.3 Å². The molecular weight excluding hydrogens is 276 g/mol. The molecule has 0 radical (unpaired) electrons. The maximum atomic E-state index is 9.06. The highest BCUT2D eigenvalue weighted by molar-refractivity contribution is 5.77. The van der Waals surface area contributed by atoms with Gasteiger partial charge in [-0.3, -0.25) is 4.90 Å². The number of aromatic nitrogens is 2. The first-order valence-electron chi connectivity index (χ1n) is 7.97. The zero-order chi connectivity index (χ0) is 15.4. The Morgan fingerprint density at radius 1 is 1.27 bits per heavy atom. The fraction of sp³-hybridized carbons (Fsp3) is 0.529. The molecule has 116 valence electrons. The van der Waals surface area contributed by atoms with Crippen molar-refractivity contribution < 1.29 is 4.74 Å². The van der Waals surface area contributed by atoms with Gasteiger partial charge in [0.25, 0.3) is 0 Å². The first kappa shape index (κ1) is 15.0. The lowest BCUT2D eigenvalue weighted by molar-refractivity contribution is 0.0364. The molecule has 0 N–H and O–H groups in total. The van der Waals surface area contributed by atoms with Crippen LogP contribution in [0.25, 0.3) is 11.0 Å². The van der Waals surface area contributed by atoms with Gasteiger partial charge in [-0.2, -0.15) is 5.26 Å². The van der Waals surface area contributed by atoms with E-state index in [4.69, 9.17) is 10.00 Å². The summed E-state index contributed by atoms with van der Waals surface area (Å²) in [4.78, 5) is 7.08. The minimum absolute atomic E-state index is 0.360. The monoisotopic (exact) mass is 298 g/mol. The van der Waals surface area contributed by atoms with Gasteiger partial charge < -0.3 is 9.30 Å². The Morgan fingerprint density at radius 3 is 2.82 bits per heavy atom. The van der Waals surface area contributed by atoms with Gasteiger partial charge in [0.15, 0.2) is 0 Å². The molecule has 0 unspecified atom stereocenters. The van der Waals surface area contributed by atoms with Gasteiger partial charge >= 0.3 is 0 Å². The molecule has 2 heterocycles. The number of hydrogen-bond donors (Lipinski definition) is 0. The fourth-order valence-electron chi connectivity index (χ4n) is 2.97. The largest absolute Gasteiger partial charge is 0.379 e. The Morgan fingerprint density at radius 2 is 2.09 bits per heavy atom. The molecule has 3 rings (SSSR count). The third-order valence-corrected chi connectivity index (χ3v) is 4.28. The van der Waals surface area contributed by atoms with E-state index in [0.717, 1.165) is 62.7 Å². The number of morpholine rings is 1. The molecule has 0 spiro atoms. The second-order valence-electron chi connectivity index (χ2n) is 5.65. The number of imidazole rings is 1. The summed E-state index contributed by atoms with van der Waals surface area (Å²) in [6.07, 6.45) is 1.36. The summed E-state index contributed by atoms with van der Waals surface area (Å²) >= 11 is 0. The Kier molecular flexibility index (Phi) is 4.71. The first-order chi connectivity index (χ1) is 10.8. The zero-order valence-electron chi connectivity index (χ0n) is 13.1. The highest BCUT2D eigenvalue weighted by atomic mass is 16.5. The van der Waals surface area contributed by atoms with Crippen LogP contribution < -0.4 is 0 Å². The Bertz CT molecular complexity index is 680. The molecule has 1 aromatic carbocycles. The van der Waals surface area contributed by atoms with Crippen LogP contribution >= 0.6 is 0 Å². The van der Waals surface area contributed by atoms with Crippen molar-refractivity contribution in [1.29, 1.82) is 5.26 Å². The third-order valence-electron chi connectivity index (χ3n) is 4.28. The molecule has 0 saturated carbocycles. The first-order valence-corrected chi connectivity index (χ1v) is 7.97. The van der Waals surface area contributed by atoms with Crippen molar-refractivity contribution >= 4 is 11.0 Å². The number of nitriles is 1. The van der Waals surface area contributed by atoms with E-state index in [1.54, 1.807) is 0 Å². The lowest BCUT2D eigenvalue weighted by Gasteiger charge is -2.26. The van der Waals surface area contributed by atoms with Crippen molar-refractivity contribution in [3.05, 3.63) is 29.6 Å². The fourth-order valence-corrected chi connectivity index (χ4v) is 2.97. The molecule has 5 heteroatoms. The zero-order valence-corrected chi connectivity index (χ0v) is 13.1. The van der Waals surface area contributed by atoms with E-state index in [1.807, 2.05) is 0 Å². The van der Waals surface area contributed by atoms with Gasteiger partial charge in [0.2, 0.25) is 0 Å². The molecular formula is C17H22N4O. The maximum absolute atomic E-state index is 9.06. The summed E-state index contributed by atoms with van der Waals surface area (Å²) in [5.74, 6) is 0.874. The average molecular weight is 298 g/mol. The van der Waals surface area contributed by atoms with Crippen LogP contribution in [-0.2, 0) is 24.1 Å². The van der Waals surface area contributed by atoms with Gasteiger partial charge in [0.05, 0.1) is 36.7 Å². The lowest BCUT2D eigenvalue weighted by Crippen LogP contribution is -2.38. The number of ether oxygens (including phenoxy) is 1. The average Bonchev–Trinajstić information content (AvgIpc) is 2.90. The predicted octanol–water partition coefficient (Wildman–Crippen LogP) is 2.00. The number of hydrogen-bond acceptors (Lipinski definition) is 4. The molecule has 2 aromatic rings. The topological polar surface area (TPSA) is 54.1 Å². The molecule has 0 bridgehead atoms. The highest BCUT2D eigenvalue weighted by Crippen LogP contribution is 2.19. The Balaban J connectivity index is 1.85. The number of benzene rings is 1. The standard InChI is InChI=1S/C17H22N4O/c1-2-14-3-4-16-15(13-14)19-17(5-6-18)21(16)8-7-20-9-11-22-12-10-20/h3-4,13H,2,5,7-12H2,1H3. The summed E-state index contributed by atoms with van der Waals surface area (Å²) in [6, 6.07) is 8.67. The second kappa shape index (κ2) is 6.91. The molecule has 5 nitrogen and oxygen atoms in total. The van der Waals surface area contributed by atoms with E-state index >= 15 is 0 Å². The normalized spacial score (nSPS) is 16.0. The van der Waals surface area contributed by atoms with Crippen LogP contribution in [0.15, 0.2) is 18.2 Å². The minimum Gasteiger partial charge on any atom is -0.379 e. The van der Waals surface area contributed by atoms with Gasteiger partial charge in [-0.15, -0.1) is 0 Å². The minimum atomic E-state index is 0.360. The molecule has 22 heavy (non-hydrogen) atoms. The summed E-state index contributed by atoms with van der Waals surface area (Å²) in [6.45, 7) is 7.60. The summed E-state index contributed by atoms with van der Waals surface area (Å²) in [5.41, 5.74) is 3.43. The van der Waals surface area contributed by atoms with E-state index in [1.165, 1.54) is 5.56 Å². The van der Waals surface area contributed by atoms with Crippen molar-refractivity contribution in [3.8, 4) is 6.07 Å². The summed E-state index contributed by atoms with van der Waals surface area (Å²) in [7, 11) is 0. The van der Waals surface area contributed by atoms with Gasteiger partial charge in [-0.25, -0.2) is 4.98 Å². The van der Waals surface area contributed by atoms with E-state index in [0.29, 0.717) is 6.42 Å². The van der Waals surface area contributed by atoms with E-state index < -0.39 is 0 Å². The van der Waals surface area contributed by atoms with Gasteiger partial charge in [0.1, 0.15) is 5.82 Å². The van der Waals surface area contributed by atoms with Crippen LogP contribution in [0.3, 0.4) is 0 Å². The Labute approximate surface area is 131 Å². The molecule has 0 amide bonds. The molecule has 1 aliphatic rings. The van der Waals surface area contributed by atoms with Crippen molar-refractivity contribution in [3.63, 3.8) is 0 Å². The lowest BCUT2D eigenvalue weighted by atomic mass is 10.1. The number of rotatable bonds is 5. The smallest absolute Gasteiger partial charge is 0.124 e. The van der Waals surface area contributed by atoms with Crippen LogP contribution in [0.2, 0.25) is 0 Å². The van der Waals surface area contributed by atoms with Gasteiger partial charge in [-0.1, -0.05) is 13.0 Å². The second-order valence-corrected chi connectivity index (χ2v) is 5.65. The molecule has 0 atom stereocenters. The van der Waals surface area contributed by atoms with E-state index in [-0.39, 0.29) is 0 Å². The maximum Gasteiger partial charge on any atom is 0.124 e. The van der Waals surface area contributed by atoms with Crippen molar-refractivity contribution in [2.24, 2.45) is 0 Å². The predicted molar refractivity (Wildman–Crippen MR) is 85.7 cm³/mol. The van der Waals surface area contributed by atoms with Crippen LogP contribution in [0, 0.1) is 11.3 Å². The molecule has 1 saturated heterocycles. The molecule has 1 fully saturated rings. The number of aryl methyl sites for hydroxylation is 1. The van der Waals surface area contributed by atoms with Gasteiger partial charge in [0, 0.05) is 26.2 Å². The number of nitrogens with zero attached hydrogens (tertiary/aromatic N) is 4. The summed E-state index contributed by atoms with van der Waals surface area (Å²) < 4.78 is 7.59. The third kappa shape index (κ3) is 3.13. The van der Waals surface area contributed by atoms with Crippen LogP contribution in [0.5, 0.6) is 0 Å². The van der Waals surface area contributed by atoms with Crippen molar-refractivity contribution in [2.75, 3.05) is 32.8 Å². The Hall–Kier alpha value is -1.90.